The zero-order chi connectivity index (χ0) is 16.4. The molecule has 1 aromatic heterocycles. The summed E-state index contributed by atoms with van der Waals surface area (Å²) in [5.41, 5.74) is 2.05. The minimum atomic E-state index is -0.748. The molecule has 3 rings (SSSR count). The van der Waals surface area contributed by atoms with Gasteiger partial charge in [0.25, 0.3) is 5.24 Å². The van der Waals surface area contributed by atoms with Crippen molar-refractivity contribution >= 4 is 22.6 Å². The molecule has 5 heteroatoms. The Hall–Kier alpha value is -2.72. The molecule has 0 saturated carbocycles. The molecule has 0 aliphatic carbocycles. The molecule has 0 aliphatic heterocycles. The maximum absolute atomic E-state index is 12.9. The molecule has 0 bridgehead atoms. The Kier molecular flexibility index (Phi) is 4.08. The second-order valence-corrected chi connectivity index (χ2v) is 5.37. The van der Waals surface area contributed by atoms with Crippen LogP contribution < -0.4 is 0 Å². The van der Waals surface area contributed by atoms with Gasteiger partial charge in [-0.3, -0.25) is 14.3 Å². The Morgan fingerprint density at radius 3 is 2.09 bits per heavy atom. The lowest BCUT2D eigenvalue weighted by atomic mass is 9.98. The van der Waals surface area contributed by atoms with Gasteiger partial charge < -0.3 is 0 Å². The second-order valence-electron chi connectivity index (χ2n) is 5.03. The van der Waals surface area contributed by atoms with E-state index in [0.717, 1.165) is 5.56 Å². The molecule has 0 aliphatic rings. The van der Waals surface area contributed by atoms with Gasteiger partial charge in [0.2, 0.25) is 0 Å². The fourth-order valence-electron chi connectivity index (χ4n) is 2.54. The lowest BCUT2D eigenvalue weighted by Crippen LogP contribution is -2.07. The van der Waals surface area contributed by atoms with Crippen molar-refractivity contribution in [1.82, 2.24) is 9.78 Å². The fourth-order valence-corrected chi connectivity index (χ4v) is 2.67. The molecule has 2 aromatic carbocycles. The number of carbonyl (C=O) groups is 2. The molecule has 0 amide bonds. The van der Waals surface area contributed by atoms with Crippen LogP contribution in [-0.2, 0) is 7.05 Å². The summed E-state index contributed by atoms with van der Waals surface area (Å²) >= 11 is 5.65. The molecule has 0 unspecified atom stereocenters. The number of carbonyl (C=O) groups excluding carboxylic acids is 2. The molecule has 23 heavy (non-hydrogen) atoms. The zero-order valence-corrected chi connectivity index (χ0v) is 13.1. The van der Waals surface area contributed by atoms with Crippen molar-refractivity contribution in [3.63, 3.8) is 0 Å². The molecule has 114 valence electrons. The van der Waals surface area contributed by atoms with Crippen LogP contribution in [0.15, 0.2) is 60.7 Å². The zero-order valence-electron chi connectivity index (χ0n) is 12.4. The quantitative estimate of drug-likeness (QED) is 0.543. The molecule has 0 fully saturated rings. The van der Waals surface area contributed by atoms with E-state index < -0.39 is 5.24 Å². The van der Waals surface area contributed by atoms with Crippen molar-refractivity contribution < 1.29 is 9.59 Å². The molecular formula is C18H13ClN2O2. The molecule has 0 radical (unpaired) electrons. The molecular weight excluding hydrogens is 312 g/mol. The minimum absolute atomic E-state index is 0.0260. The van der Waals surface area contributed by atoms with Gasteiger partial charge >= 0.3 is 0 Å². The van der Waals surface area contributed by atoms with Crippen LogP contribution >= 0.6 is 11.6 Å². The van der Waals surface area contributed by atoms with Gasteiger partial charge in [0, 0.05) is 18.2 Å². The van der Waals surface area contributed by atoms with Gasteiger partial charge in [0.15, 0.2) is 11.5 Å². The van der Waals surface area contributed by atoms with E-state index in [1.807, 2.05) is 36.4 Å². The van der Waals surface area contributed by atoms with E-state index in [-0.39, 0.29) is 17.0 Å². The van der Waals surface area contributed by atoms with E-state index in [0.29, 0.717) is 11.3 Å². The van der Waals surface area contributed by atoms with Crippen molar-refractivity contribution in [2.75, 3.05) is 0 Å². The van der Waals surface area contributed by atoms with Gasteiger partial charge in [0.05, 0.1) is 11.3 Å². The van der Waals surface area contributed by atoms with E-state index in [1.54, 1.807) is 31.3 Å². The average molecular weight is 325 g/mol. The molecule has 0 saturated heterocycles. The van der Waals surface area contributed by atoms with Gasteiger partial charge in [-0.1, -0.05) is 60.7 Å². The van der Waals surface area contributed by atoms with Gasteiger partial charge in [-0.05, 0) is 11.6 Å². The van der Waals surface area contributed by atoms with Crippen molar-refractivity contribution in [2.24, 2.45) is 7.05 Å². The van der Waals surface area contributed by atoms with Crippen LogP contribution in [0.4, 0.5) is 0 Å². The van der Waals surface area contributed by atoms with Gasteiger partial charge in [-0.2, -0.15) is 5.10 Å². The van der Waals surface area contributed by atoms with Gasteiger partial charge in [-0.25, -0.2) is 0 Å². The number of halogens is 1. The van der Waals surface area contributed by atoms with Crippen LogP contribution in [-0.4, -0.2) is 20.8 Å². The van der Waals surface area contributed by atoms with Crippen molar-refractivity contribution in [2.45, 2.75) is 0 Å². The molecule has 0 N–H and O–H groups in total. The lowest BCUT2D eigenvalue weighted by Gasteiger charge is -2.06. The van der Waals surface area contributed by atoms with Crippen LogP contribution in [0.1, 0.15) is 26.4 Å². The topological polar surface area (TPSA) is 52.0 Å². The minimum Gasteiger partial charge on any atom is -0.288 e. The summed E-state index contributed by atoms with van der Waals surface area (Å²) in [4.78, 5) is 24.7. The number of hydrogen-bond acceptors (Lipinski definition) is 3. The molecule has 0 spiro atoms. The largest absolute Gasteiger partial charge is 0.288 e. The number of ketones is 1. The second kappa shape index (κ2) is 6.18. The van der Waals surface area contributed by atoms with Crippen molar-refractivity contribution in [3.05, 3.63) is 77.5 Å². The summed E-state index contributed by atoms with van der Waals surface area (Å²) < 4.78 is 1.52. The first-order valence-corrected chi connectivity index (χ1v) is 7.39. The highest BCUT2D eigenvalue weighted by Gasteiger charge is 2.27. The first kappa shape index (κ1) is 15.2. The highest BCUT2D eigenvalue weighted by atomic mass is 35.5. The Balaban J connectivity index is 2.26. The summed E-state index contributed by atoms with van der Waals surface area (Å²) in [5.74, 6) is -0.276. The summed E-state index contributed by atoms with van der Waals surface area (Å²) in [5, 5.41) is 3.40. The van der Waals surface area contributed by atoms with E-state index in [9.17, 15) is 9.59 Å². The average Bonchev–Trinajstić information content (AvgIpc) is 2.93. The summed E-state index contributed by atoms with van der Waals surface area (Å²) in [6, 6.07) is 18.1. The first-order chi connectivity index (χ1) is 11.1. The first-order valence-electron chi connectivity index (χ1n) is 7.01. The highest BCUT2D eigenvalue weighted by molar-refractivity contribution is 6.68. The number of aromatic nitrogens is 2. The standard InChI is InChI=1S/C18H13ClN2O2/c1-21-16(12-8-4-2-5-9-12)14(15(20-21)18(19)23)17(22)13-10-6-3-7-11-13/h2-11H,1H3. The van der Waals surface area contributed by atoms with Crippen LogP contribution in [0.2, 0.25) is 0 Å². The summed E-state index contributed by atoms with van der Waals surface area (Å²) in [6.45, 7) is 0. The van der Waals surface area contributed by atoms with Crippen LogP contribution in [0.25, 0.3) is 11.3 Å². The third kappa shape index (κ3) is 2.81. The predicted molar refractivity (Wildman–Crippen MR) is 88.7 cm³/mol. The number of aryl methyl sites for hydroxylation is 1. The third-order valence-electron chi connectivity index (χ3n) is 3.54. The molecule has 1 heterocycles. The van der Waals surface area contributed by atoms with E-state index >= 15 is 0 Å². The van der Waals surface area contributed by atoms with Gasteiger partial charge in [0.1, 0.15) is 0 Å². The number of benzene rings is 2. The van der Waals surface area contributed by atoms with Gasteiger partial charge in [-0.15, -0.1) is 0 Å². The number of rotatable bonds is 4. The van der Waals surface area contributed by atoms with Crippen LogP contribution in [0.3, 0.4) is 0 Å². The maximum Gasteiger partial charge on any atom is 0.273 e. The van der Waals surface area contributed by atoms with Crippen molar-refractivity contribution in [3.8, 4) is 11.3 Å². The van der Waals surface area contributed by atoms with Crippen LogP contribution in [0.5, 0.6) is 0 Å². The number of nitrogens with zero attached hydrogens (tertiary/aromatic N) is 2. The van der Waals surface area contributed by atoms with Crippen molar-refractivity contribution in [1.29, 1.82) is 0 Å². The Labute approximate surface area is 138 Å². The smallest absolute Gasteiger partial charge is 0.273 e. The monoisotopic (exact) mass is 324 g/mol. The third-order valence-corrected chi connectivity index (χ3v) is 3.72. The highest BCUT2D eigenvalue weighted by Crippen LogP contribution is 2.29. The SMILES string of the molecule is Cn1nc(C(=O)Cl)c(C(=O)c2ccccc2)c1-c1ccccc1. The number of hydrogen-bond donors (Lipinski definition) is 0. The van der Waals surface area contributed by atoms with E-state index in [1.165, 1.54) is 4.68 Å². The Morgan fingerprint density at radius 2 is 1.52 bits per heavy atom. The lowest BCUT2D eigenvalue weighted by molar-refractivity contribution is 0.102. The summed E-state index contributed by atoms with van der Waals surface area (Å²) in [6.07, 6.45) is 0. The molecule has 4 nitrogen and oxygen atoms in total. The van der Waals surface area contributed by atoms with Crippen LogP contribution in [0, 0.1) is 0 Å². The predicted octanol–water partition coefficient (Wildman–Crippen LogP) is 3.70. The molecule has 3 aromatic rings. The normalized spacial score (nSPS) is 10.5. The fraction of sp³-hybridized carbons (Fsp3) is 0.0556. The van der Waals surface area contributed by atoms with E-state index in [2.05, 4.69) is 5.10 Å². The maximum atomic E-state index is 12.9. The Bertz CT molecular complexity index is 871. The molecule has 0 atom stereocenters. The summed E-state index contributed by atoms with van der Waals surface area (Å²) in [7, 11) is 1.69. The Morgan fingerprint density at radius 1 is 0.957 bits per heavy atom. The van der Waals surface area contributed by atoms with E-state index in [4.69, 9.17) is 11.6 Å².